The quantitative estimate of drug-likeness (QED) is 0.856. The Labute approximate surface area is 111 Å². The Kier molecular flexibility index (Phi) is 4.65. The Morgan fingerprint density at radius 3 is 2.94 bits per heavy atom. The lowest BCUT2D eigenvalue weighted by Gasteiger charge is -2.27. The van der Waals surface area contributed by atoms with E-state index in [4.69, 9.17) is 4.74 Å². The number of fused-ring (bicyclic) bond motifs is 1. The zero-order chi connectivity index (χ0) is 13.0. The van der Waals surface area contributed by atoms with Crippen molar-refractivity contribution in [3.05, 3.63) is 29.3 Å². The minimum Gasteiger partial charge on any atom is -0.493 e. The van der Waals surface area contributed by atoms with E-state index in [0.717, 1.165) is 37.7 Å². The van der Waals surface area contributed by atoms with Gasteiger partial charge in [0.25, 0.3) is 0 Å². The summed E-state index contributed by atoms with van der Waals surface area (Å²) in [5.74, 6) is 1.83. The largest absolute Gasteiger partial charge is 0.493 e. The van der Waals surface area contributed by atoms with Crippen molar-refractivity contribution in [3.63, 3.8) is 0 Å². The highest BCUT2D eigenvalue weighted by atomic mass is 16.5. The molecule has 0 saturated carbocycles. The fourth-order valence-electron chi connectivity index (χ4n) is 2.42. The number of benzene rings is 1. The average molecular weight is 247 g/mol. The van der Waals surface area contributed by atoms with Crippen molar-refractivity contribution in [2.24, 2.45) is 5.92 Å². The van der Waals surface area contributed by atoms with Crippen LogP contribution in [0, 0.1) is 5.92 Å². The van der Waals surface area contributed by atoms with E-state index in [1.54, 1.807) is 0 Å². The Morgan fingerprint density at radius 2 is 2.22 bits per heavy atom. The molecule has 1 aliphatic rings. The van der Waals surface area contributed by atoms with Crippen molar-refractivity contribution in [2.75, 3.05) is 13.2 Å². The summed E-state index contributed by atoms with van der Waals surface area (Å²) in [6.45, 7) is 8.67. The molecule has 0 spiro atoms. The molecule has 1 aliphatic heterocycles. The lowest BCUT2D eigenvalue weighted by molar-refractivity contribution is 0.251. The van der Waals surface area contributed by atoms with Crippen LogP contribution >= 0.6 is 0 Å². The Morgan fingerprint density at radius 1 is 1.39 bits per heavy atom. The van der Waals surface area contributed by atoms with Gasteiger partial charge >= 0.3 is 0 Å². The number of aryl methyl sites for hydroxylation is 1. The minimum absolute atomic E-state index is 0.471. The van der Waals surface area contributed by atoms with E-state index in [-0.39, 0.29) is 0 Å². The van der Waals surface area contributed by atoms with Crippen LogP contribution in [0.2, 0.25) is 0 Å². The molecule has 0 amide bonds. The van der Waals surface area contributed by atoms with E-state index < -0.39 is 0 Å². The summed E-state index contributed by atoms with van der Waals surface area (Å²) in [5, 5.41) is 3.68. The molecule has 1 N–H and O–H groups in total. The third kappa shape index (κ3) is 3.26. The summed E-state index contributed by atoms with van der Waals surface area (Å²) < 4.78 is 5.74. The van der Waals surface area contributed by atoms with Gasteiger partial charge in [-0.15, -0.1) is 0 Å². The second-order valence-corrected chi connectivity index (χ2v) is 5.55. The normalized spacial score (nSPS) is 18.6. The van der Waals surface area contributed by atoms with Gasteiger partial charge in [-0.25, -0.2) is 0 Å². The monoisotopic (exact) mass is 247 g/mol. The van der Waals surface area contributed by atoms with Gasteiger partial charge in [-0.1, -0.05) is 32.9 Å². The summed E-state index contributed by atoms with van der Waals surface area (Å²) in [5.41, 5.74) is 2.75. The van der Waals surface area contributed by atoms with Crippen LogP contribution in [-0.4, -0.2) is 13.2 Å². The lowest BCUT2D eigenvalue weighted by atomic mass is 9.97. The van der Waals surface area contributed by atoms with Crippen LogP contribution in [0.4, 0.5) is 0 Å². The molecule has 1 unspecified atom stereocenters. The van der Waals surface area contributed by atoms with Gasteiger partial charge in [0.15, 0.2) is 0 Å². The molecule has 0 aliphatic carbocycles. The van der Waals surface area contributed by atoms with Crippen LogP contribution in [0.5, 0.6) is 5.75 Å². The summed E-state index contributed by atoms with van der Waals surface area (Å²) in [7, 11) is 0. The van der Waals surface area contributed by atoms with Crippen molar-refractivity contribution in [1.82, 2.24) is 5.32 Å². The van der Waals surface area contributed by atoms with Crippen LogP contribution < -0.4 is 10.1 Å². The Hall–Kier alpha value is -1.02. The molecule has 18 heavy (non-hydrogen) atoms. The molecular weight excluding hydrogens is 222 g/mol. The molecule has 1 aromatic rings. The van der Waals surface area contributed by atoms with Gasteiger partial charge in [-0.05, 0) is 36.9 Å². The van der Waals surface area contributed by atoms with Gasteiger partial charge in [-0.3, -0.25) is 0 Å². The van der Waals surface area contributed by atoms with Crippen LogP contribution in [-0.2, 0) is 6.42 Å². The number of hydrogen-bond donors (Lipinski definition) is 1. The first-order valence-electron chi connectivity index (χ1n) is 7.19. The van der Waals surface area contributed by atoms with Crippen LogP contribution in [0.15, 0.2) is 18.2 Å². The van der Waals surface area contributed by atoms with Crippen molar-refractivity contribution < 1.29 is 4.74 Å². The molecule has 1 atom stereocenters. The van der Waals surface area contributed by atoms with Crippen molar-refractivity contribution in [2.45, 2.75) is 46.1 Å². The van der Waals surface area contributed by atoms with Gasteiger partial charge in [0.2, 0.25) is 0 Å². The molecule has 0 radical (unpaired) electrons. The maximum Gasteiger partial charge on any atom is 0.124 e. The highest BCUT2D eigenvalue weighted by Gasteiger charge is 2.20. The standard InChI is InChI=1S/C16H25NO/c1-4-13-5-6-16-14(11-13)15(8-10-18-16)17-9-7-12(2)3/h5-6,11-12,15,17H,4,7-10H2,1-3H3. The molecule has 1 aromatic carbocycles. The minimum atomic E-state index is 0.471. The molecule has 100 valence electrons. The maximum absolute atomic E-state index is 5.74. The molecule has 2 rings (SSSR count). The SMILES string of the molecule is CCc1ccc2c(c1)C(NCCC(C)C)CCO2. The lowest BCUT2D eigenvalue weighted by Crippen LogP contribution is -2.28. The molecule has 2 heteroatoms. The number of ether oxygens (including phenoxy) is 1. The first-order chi connectivity index (χ1) is 8.70. The van der Waals surface area contributed by atoms with Gasteiger partial charge in [-0.2, -0.15) is 0 Å². The third-order valence-corrected chi connectivity index (χ3v) is 3.63. The van der Waals surface area contributed by atoms with Crippen LogP contribution in [0.1, 0.15) is 50.8 Å². The zero-order valence-corrected chi connectivity index (χ0v) is 11.8. The summed E-state index contributed by atoms with van der Waals surface area (Å²) in [6.07, 6.45) is 3.41. The molecule has 0 saturated heterocycles. The first-order valence-corrected chi connectivity index (χ1v) is 7.19. The van der Waals surface area contributed by atoms with E-state index in [1.165, 1.54) is 17.5 Å². The van der Waals surface area contributed by atoms with Gasteiger partial charge in [0.1, 0.15) is 5.75 Å². The van der Waals surface area contributed by atoms with E-state index in [1.807, 2.05) is 0 Å². The fourth-order valence-corrected chi connectivity index (χ4v) is 2.42. The van der Waals surface area contributed by atoms with E-state index in [0.29, 0.717) is 6.04 Å². The second-order valence-electron chi connectivity index (χ2n) is 5.55. The van der Waals surface area contributed by atoms with Crippen molar-refractivity contribution in [3.8, 4) is 5.75 Å². The van der Waals surface area contributed by atoms with Crippen molar-refractivity contribution >= 4 is 0 Å². The van der Waals surface area contributed by atoms with Crippen molar-refractivity contribution in [1.29, 1.82) is 0 Å². The van der Waals surface area contributed by atoms with Crippen LogP contribution in [0.25, 0.3) is 0 Å². The molecule has 0 bridgehead atoms. The first kappa shape index (κ1) is 13.4. The topological polar surface area (TPSA) is 21.3 Å². The highest BCUT2D eigenvalue weighted by Crippen LogP contribution is 2.32. The predicted molar refractivity (Wildman–Crippen MR) is 76.1 cm³/mol. The third-order valence-electron chi connectivity index (χ3n) is 3.63. The van der Waals surface area contributed by atoms with Gasteiger partial charge in [0, 0.05) is 18.0 Å². The average Bonchev–Trinajstić information content (AvgIpc) is 2.38. The maximum atomic E-state index is 5.74. The fraction of sp³-hybridized carbons (Fsp3) is 0.625. The van der Waals surface area contributed by atoms with E-state index in [9.17, 15) is 0 Å². The number of hydrogen-bond acceptors (Lipinski definition) is 2. The van der Waals surface area contributed by atoms with E-state index >= 15 is 0 Å². The second kappa shape index (κ2) is 6.24. The van der Waals surface area contributed by atoms with E-state index in [2.05, 4.69) is 44.3 Å². The Balaban J connectivity index is 2.06. The zero-order valence-electron chi connectivity index (χ0n) is 11.8. The number of nitrogens with one attached hydrogen (secondary N) is 1. The number of rotatable bonds is 5. The molecular formula is C16H25NO. The molecule has 0 aromatic heterocycles. The smallest absolute Gasteiger partial charge is 0.124 e. The van der Waals surface area contributed by atoms with Gasteiger partial charge < -0.3 is 10.1 Å². The Bertz CT molecular complexity index is 387. The molecule has 0 fully saturated rings. The molecule has 1 heterocycles. The predicted octanol–water partition coefficient (Wildman–Crippen LogP) is 3.71. The highest BCUT2D eigenvalue weighted by molar-refractivity contribution is 5.40. The van der Waals surface area contributed by atoms with Crippen LogP contribution in [0.3, 0.4) is 0 Å². The van der Waals surface area contributed by atoms with Gasteiger partial charge in [0.05, 0.1) is 6.61 Å². The molecule has 2 nitrogen and oxygen atoms in total. The summed E-state index contributed by atoms with van der Waals surface area (Å²) in [4.78, 5) is 0. The summed E-state index contributed by atoms with van der Waals surface area (Å²) >= 11 is 0. The summed E-state index contributed by atoms with van der Waals surface area (Å²) in [6, 6.07) is 7.08.